The molecule has 3 N–H and O–H groups in total. The number of hydrogen-bond acceptors (Lipinski definition) is 5. The topological polar surface area (TPSA) is 61.9 Å². The summed E-state index contributed by atoms with van der Waals surface area (Å²) in [5.74, 6) is -7.68. The molecule has 2 aromatic rings. The SMILES string of the molecule is Fc1cc(F)c(F)c(NNc2cc(C(F)(F)F)nc(NC3CCCCC3)n2)c1F. The van der Waals surface area contributed by atoms with Crippen molar-refractivity contribution in [2.75, 3.05) is 16.2 Å². The molecule has 0 bridgehead atoms. The number of anilines is 3. The fourth-order valence-corrected chi connectivity index (χ4v) is 2.96. The van der Waals surface area contributed by atoms with E-state index in [1.165, 1.54) is 0 Å². The molecule has 5 nitrogen and oxygen atoms in total. The summed E-state index contributed by atoms with van der Waals surface area (Å²) >= 11 is 0. The van der Waals surface area contributed by atoms with Gasteiger partial charge in [-0.3, -0.25) is 10.9 Å². The van der Waals surface area contributed by atoms with Crippen LogP contribution in [0.4, 0.5) is 48.2 Å². The maximum absolute atomic E-state index is 13.7. The summed E-state index contributed by atoms with van der Waals surface area (Å²) in [6, 6.07) is 0.388. The number of nitrogens with one attached hydrogen (secondary N) is 3. The highest BCUT2D eigenvalue weighted by molar-refractivity contribution is 5.53. The van der Waals surface area contributed by atoms with Gasteiger partial charge in [0, 0.05) is 18.2 Å². The average molecular weight is 423 g/mol. The zero-order valence-corrected chi connectivity index (χ0v) is 14.8. The molecule has 1 aliphatic carbocycles. The smallest absolute Gasteiger partial charge is 0.351 e. The summed E-state index contributed by atoms with van der Waals surface area (Å²) in [7, 11) is 0. The van der Waals surface area contributed by atoms with Crippen molar-refractivity contribution in [3.8, 4) is 0 Å². The molecule has 0 radical (unpaired) electrons. The summed E-state index contributed by atoms with van der Waals surface area (Å²) in [6.07, 6.45) is -0.497. The van der Waals surface area contributed by atoms with Crippen molar-refractivity contribution in [1.29, 1.82) is 0 Å². The number of rotatable bonds is 5. The molecule has 3 rings (SSSR count). The van der Waals surface area contributed by atoms with E-state index in [1.54, 1.807) is 0 Å². The molecule has 1 aromatic carbocycles. The summed E-state index contributed by atoms with van der Waals surface area (Å²) in [5, 5.41) is 2.81. The number of nitrogens with zero attached hydrogens (tertiary/aromatic N) is 2. The quantitative estimate of drug-likeness (QED) is 0.349. The lowest BCUT2D eigenvalue weighted by atomic mass is 9.96. The fraction of sp³-hybridized carbons (Fsp3) is 0.412. The second-order valence-corrected chi connectivity index (χ2v) is 6.53. The molecular weight excluding hydrogens is 407 g/mol. The van der Waals surface area contributed by atoms with E-state index >= 15 is 0 Å². The number of aromatic nitrogens is 2. The first-order valence-electron chi connectivity index (χ1n) is 8.73. The molecule has 0 atom stereocenters. The van der Waals surface area contributed by atoms with Gasteiger partial charge in [0.25, 0.3) is 0 Å². The van der Waals surface area contributed by atoms with Crippen LogP contribution in [0.5, 0.6) is 0 Å². The molecule has 1 saturated carbocycles. The van der Waals surface area contributed by atoms with Gasteiger partial charge in [0.05, 0.1) is 0 Å². The van der Waals surface area contributed by atoms with Crippen LogP contribution in [0.3, 0.4) is 0 Å². The maximum Gasteiger partial charge on any atom is 0.433 e. The van der Waals surface area contributed by atoms with E-state index in [2.05, 4.69) is 15.3 Å². The van der Waals surface area contributed by atoms with E-state index in [1.807, 2.05) is 10.9 Å². The molecule has 1 fully saturated rings. The first-order chi connectivity index (χ1) is 13.6. The molecule has 0 amide bonds. The predicted octanol–water partition coefficient (Wildman–Crippen LogP) is 5.24. The highest BCUT2D eigenvalue weighted by Gasteiger charge is 2.34. The summed E-state index contributed by atoms with van der Waals surface area (Å²) in [6.45, 7) is 0. The van der Waals surface area contributed by atoms with Crippen molar-refractivity contribution in [2.24, 2.45) is 0 Å². The van der Waals surface area contributed by atoms with Crippen molar-refractivity contribution < 1.29 is 30.7 Å². The molecule has 0 aliphatic heterocycles. The molecular formula is C17H16F7N5. The van der Waals surface area contributed by atoms with E-state index in [0.29, 0.717) is 6.07 Å². The molecule has 1 aromatic heterocycles. The minimum absolute atomic E-state index is 0.00842. The van der Waals surface area contributed by atoms with Gasteiger partial charge in [-0.25, -0.2) is 22.5 Å². The largest absolute Gasteiger partial charge is 0.433 e. The fourth-order valence-electron chi connectivity index (χ4n) is 2.96. The minimum Gasteiger partial charge on any atom is -0.351 e. The van der Waals surface area contributed by atoms with Crippen LogP contribution >= 0.6 is 0 Å². The Hall–Kier alpha value is -2.79. The number of hydrazine groups is 1. The van der Waals surface area contributed by atoms with Gasteiger partial charge in [-0.15, -0.1) is 0 Å². The summed E-state index contributed by atoms with van der Waals surface area (Å²) in [4.78, 5) is 7.27. The Balaban J connectivity index is 1.85. The van der Waals surface area contributed by atoms with Crippen LogP contribution in [-0.2, 0) is 6.18 Å². The molecule has 29 heavy (non-hydrogen) atoms. The van der Waals surface area contributed by atoms with Crippen LogP contribution in [0.2, 0.25) is 0 Å². The molecule has 12 heteroatoms. The zero-order valence-electron chi connectivity index (χ0n) is 14.8. The van der Waals surface area contributed by atoms with Gasteiger partial charge < -0.3 is 5.32 Å². The Bertz CT molecular complexity index is 855. The summed E-state index contributed by atoms with van der Waals surface area (Å²) in [5.41, 5.74) is 1.31. The van der Waals surface area contributed by atoms with E-state index in [4.69, 9.17) is 0 Å². The van der Waals surface area contributed by atoms with Crippen LogP contribution in [0.15, 0.2) is 12.1 Å². The van der Waals surface area contributed by atoms with Gasteiger partial charge in [-0.1, -0.05) is 19.3 Å². The van der Waals surface area contributed by atoms with E-state index in [0.717, 1.165) is 32.1 Å². The van der Waals surface area contributed by atoms with Crippen LogP contribution in [-0.4, -0.2) is 16.0 Å². The van der Waals surface area contributed by atoms with Crippen molar-refractivity contribution in [3.63, 3.8) is 0 Å². The third-order valence-electron chi connectivity index (χ3n) is 4.38. The lowest BCUT2D eigenvalue weighted by molar-refractivity contribution is -0.141. The average Bonchev–Trinajstić information content (AvgIpc) is 2.66. The second-order valence-electron chi connectivity index (χ2n) is 6.53. The number of hydrogen-bond donors (Lipinski definition) is 3. The van der Waals surface area contributed by atoms with E-state index in [-0.39, 0.29) is 18.1 Å². The van der Waals surface area contributed by atoms with Gasteiger partial charge in [-0.05, 0) is 12.8 Å². The Morgan fingerprint density at radius 2 is 1.45 bits per heavy atom. The number of halogens is 7. The van der Waals surface area contributed by atoms with E-state index in [9.17, 15) is 30.7 Å². The molecule has 1 aliphatic rings. The maximum atomic E-state index is 13.7. The zero-order chi connectivity index (χ0) is 21.2. The predicted molar refractivity (Wildman–Crippen MR) is 91.0 cm³/mol. The molecule has 158 valence electrons. The molecule has 0 spiro atoms. The van der Waals surface area contributed by atoms with Crippen LogP contribution in [0.25, 0.3) is 0 Å². The van der Waals surface area contributed by atoms with Crippen molar-refractivity contribution >= 4 is 17.5 Å². The van der Waals surface area contributed by atoms with Gasteiger partial charge in [0.2, 0.25) is 5.95 Å². The van der Waals surface area contributed by atoms with Gasteiger partial charge >= 0.3 is 6.18 Å². The Kier molecular flexibility index (Phi) is 5.99. The monoisotopic (exact) mass is 423 g/mol. The van der Waals surface area contributed by atoms with Gasteiger partial charge in [0.1, 0.15) is 5.69 Å². The Labute approximate surface area is 160 Å². The first kappa shape index (κ1) is 20.9. The lowest BCUT2D eigenvalue weighted by Gasteiger charge is -2.23. The van der Waals surface area contributed by atoms with Crippen LogP contribution in [0.1, 0.15) is 37.8 Å². The van der Waals surface area contributed by atoms with Crippen LogP contribution in [0, 0.1) is 23.3 Å². The van der Waals surface area contributed by atoms with Crippen molar-refractivity contribution in [2.45, 2.75) is 44.3 Å². The molecule has 0 saturated heterocycles. The third kappa shape index (κ3) is 4.98. The van der Waals surface area contributed by atoms with Crippen molar-refractivity contribution in [3.05, 3.63) is 41.1 Å². The normalized spacial score (nSPS) is 15.3. The molecule has 1 heterocycles. The van der Waals surface area contributed by atoms with Crippen molar-refractivity contribution in [1.82, 2.24) is 9.97 Å². The lowest BCUT2D eigenvalue weighted by Crippen LogP contribution is -2.25. The van der Waals surface area contributed by atoms with E-state index < -0.39 is 46.6 Å². The number of benzene rings is 1. The first-order valence-corrected chi connectivity index (χ1v) is 8.73. The Morgan fingerprint density at radius 1 is 0.828 bits per heavy atom. The molecule has 0 unspecified atom stereocenters. The van der Waals surface area contributed by atoms with Gasteiger partial charge in [-0.2, -0.15) is 18.2 Å². The highest BCUT2D eigenvalue weighted by atomic mass is 19.4. The highest BCUT2D eigenvalue weighted by Crippen LogP contribution is 2.31. The number of alkyl halides is 3. The van der Waals surface area contributed by atoms with Gasteiger partial charge in [0.15, 0.2) is 34.8 Å². The third-order valence-corrected chi connectivity index (χ3v) is 4.38. The van der Waals surface area contributed by atoms with Crippen LogP contribution < -0.4 is 16.2 Å². The minimum atomic E-state index is -4.82. The second kappa shape index (κ2) is 8.29. The standard InChI is InChI=1S/C17H16F7N5/c18-9-6-10(19)14(21)15(13(9)20)29-28-12-7-11(17(22,23)24)26-16(27-12)25-8-4-2-1-3-5-8/h6-8,29H,1-5H2,(H2,25,26,27,28). The Morgan fingerprint density at radius 3 is 2.03 bits per heavy atom. The summed E-state index contributed by atoms with van der Waals surface area (Å²) < 4.78 is 93.3.